The number of hydrogen-bond acceptors (Lipinski definition) is 7. The van der Waals surface area contributed by atoms with Gasteiger partial charge < -0.3 is 23.7 Å². The Kier molecular flexibility index (Phi) is 11.3. The van der Waals surface area contributed by atoms with E-state index in [9.17, 15) is 24.3 Å². The lowest BCUT2D eigenvalue weighted by Crippen LogP contribution is -2.33. The monoisotopic (exact) mass is 599 g/mol. The van der Waals surface area contributed by atoms with E-state index in [0.717, 1.165) is 0 Å². The summed E-state index contributed by atoms with van der Waals surface area (Å²) in [4.78, 5) is 55.4. The zero-order chi connectivity index (χ0) is 32.9. The molecule has 1 N–H and O–H groups in total. The molecular formula is C33H49N3O7. The number of hydrogen-bond donors (Lipinski definition) is 1. The number of carbonyl (C=O) groups is 4. The smallest absolute Gasteiger partial charge is 0.439 e. The van der Waals surface area contributed by atoms with Gasteiger partial charge in [-0.1, -0.05) is 55.4 Å². The average molecular weight is 600 g/mol. The van der Waals surface area contributed by atoms with Crippen LogP contribution in [0.1, 0.15) is 110 Å². The molecule has 2 aromatic rings. The number of ketones is 2. The molecule has 1 aromatic heterocycles. The molecule has 10 nitrogen and oxygen atoms in total. The summed E-state index contributed by atoms with van der Waals surface area (Å²) in [5.74, 6) is -0.822. The van der Waals surface area contributed by atoms with Crippen LogP contribution < -0.4 is 5.62 Å². The van der Waals surface area contributed by atoms with Gasteiger partial charge in [-0.25, -0.2) is 4.79 Å². The van der Waals surface area contributed by atoms with Gasteiger partial charge in [0.25, 0.3) is 0 Å². The Balaban J connectivity index is 2.52. The van der Waals surface area contributed by atoms with Crippen LogP contribution >= 0.6 is 0 Å². The SMILES string of the molecule is CCC(CC)C(=O)Cn1ccn(CC(=O)c2cc(C(C)(C)C)c(O)c(C(C)(C)C)c2)/c1=N/C(=O)OCOC(=O)C(C)(C)C. The minimum absolute atomic E-state index is 0.0221. The molecule has 10 heteroatoms. The summed E-state index contributed by atoms with van der Waals surface area (Å²) in [6.07, 6.45) is 3.50. The van der Waals surface area contributed by atoms with E-state index in [2.05, 4.69) is 4.99 Å². The first-order valence-electron chi connectivity index (χ1n) is 14.8. The Morgan fingerprint density at radius 2 is 1.30 bits per heavy atom. The Morgan fingerprint density at radius 3 is 1.74 bits per heavy atom. The average Bonchev–Trinajstić information content (AvgIpc) is 3.22. The van der Waals surface area contributed by atoms with E-state index in [1.54, 1.807) is 45.3 Å². The molecule has 0 aliphatic rings. The van der Waals surface area contributed by atoms with E-state index < -0.39 is 35.1 Å². The van der Waals surface area contributed by atoms with E-state index in [1.807, 2.05) is 55.4 Å². The van der Waals surface area contributed by atoms with Gasteiger partial charge in [0.05, 0.1) is 18.5 Å². The molecule has 0 bridgehead atoms. The number of phenolic OH excluding ortho intramolecular Hbond substituents is 1. The number of esters is 1. The Morgan fingerprint density at radius 1 is 0.814 bits per heavy atom. The van der Waals surface area contributed by atoms with Crippen LogP contribution in [0.25, 0.3) is 0 Å². The second-order valence-corrected chi connectivity index (χ2v) is 14.0. The highest BCUT2D eigenvalue weighted by molar-refractivity contribution is 5.96. The maximum atomic E-state index is 13.7. The first-order chi connectivity index (χ1) is 19.7. The van der Waals surface area contributed by atoms with Gasteiger partial charge in [0.15, 0.2) is 11.6 Å². The van der Waals surface area contributed by atoms with Crippen molar-refractivity contribution in [2.45, 2.75) is 113 Å². The molecule has 0 atom stereocenters. The molecular weight excluding hydrogens is 550 g/mol. The highest BCUT2D eigenvalue weighted by atomic mass is 16.7. The molecule has 0 aliphatic carbocycles. The molecule has 1 amide bonds. The van der Waals surface area contributed by atoms with Gasteiger partial charge in [-0.3, -0.25) is 14.4 Å². The third-order valence-electron chi connectivity index (χ3n) is 7.25. The van der Waals surface area contributed by atoms with E-state index in [0.29, 0.717) is 29.5 Å². The molecule has 0 fully saturated rings. The minimum atomic E-state index is -1.03. The normalized spacial score (nSPS) is 12.9. The van der Waals surface area contributed by atoms with Crippen molar-refractivity contribution in [3.05, 3.63) is 46.8 Å². The third kappa shape index (κ3) is 9.40. The fourth-order valence-corrected chi connectivity index (χ4v) is 4.52. The molecule has 0 aliphatic heterocycles. The van der Waals surface area contributed by atoms with Crippen LogP contribution in [0.2, 0.25) is 0 Å². The fourth-order valence-electron chi connectivity index (χ4n) is 4.52. The Labute approximate surface area is 255 Å². The van der Waals surface area contributed by atoms with Gasteiger partial charge in [-0.05, 0) is 56.6 Å². The Hall–Kier alpha value is -3.69. The molecule has 0 radical (unpaired) electrons. The standard InChI is InChI=1S/C33H49N3O7/c1-12-21(13-2)25(37)18-35-14-15-36(29(35)34-30(41)43-20-42-28(40)33(9,10)11)19-26(38)22-16-23(31(3,4)5)27(39)24(17-22)32(6,7)8/h14-17,21,39H,12-13,18-20H2,1-11H3/b34-29+. The lowest BCUT2D eigenvalue weighted by molar-refractivity contribution is -0.161. The number of carbonyl (C=O) groups excluding carboxylic acids is 4. The van der Waals surface area contributed by atoms with Crippen LogP contribution in [0.15, 0.2) is 29.5 Å². The molecule has 43 heavy (non-hydrogen) atoms. The predicted octanol–water partition coefficient (Wildman–Crippen LogP) is 6.06. The summed E-state index contributed by atoms with van der Waals surface area (Å²) < 4.78 is 13.0. The maximum absolute atomic E-state index is 13.7. The maximum Gasteiger partial charge on any atom is 0.439 e. The predicted molar refractivity (Wildman–Crippen MR) is 164 cm³/mol. The number of amides is 1. The van der Waals surface area contributed by atoms with Crippen molar-refractivity contribution in [2.24, 2.45) is 16.3 Å². The highest BCUT2D eigenvalue weighted by Crippen LogP contribution is 2.39. The van der Waals surface area contributed by atoms with E-state index >= 15 is 0 Å². The number of benzene rings is 1. The van der Waals surface area contributed by atoms with Gasteiger partial charge in [-0.2, -0.15) is 0 Å². The second kappa shape index (κ2) is 13.7. The van der Waals surface area contributed by atoms with Crippen LogP contribution in [0.4, 0.5) is 4.79 Å². The molecule has 2 rings (SSSR count). The minimum Gasteiger partial charge on any atom is -0.507 e. The lowest BCUT2D eigenvalue weighted by Gasteiger charge is -2.28. The van der Waals surface area contributed by atoms with Crippen molar-refractivity contribution >= 4 is 23.6 Å². The number of Topliss-reactive ketones (excluding diaryl/α,β-unsaturated/α-hetero) is 2. The van der Waals surface area contributed by atoms with Crippen molar-refractivity contribution < 1.29 is 33.8 Å². The van der Waals surface area contributed by atoms with Crippen molar-refractivity contribution in [1.82, 2.24) is 9.13 Å². The third-order valence-corrected chi connectivity index (χ3v) is 7.25. The van der Waals surface area contributed by atoms with Crippen LogP contribution in [0.3, 0.4) is 0 Å². The zero-order valence-electron chi connectivity index (χ0n) is 27.7. The quantitative estimate of drug-likeness (QED) is 0.200. The van der Waals surface area contributed by atoms with E-state index in [-0.39, 0.29) is 41.9 Å². The molecule has 1 aromatic carbocycles. The van der Waals surface area contributed by atoms with Gasteiger partial charge in [-0.15, -0.1) is 4.99 Å². The summed E-state index contributed by atoms with van der Waals surface area (Å²) in [5.41, 5.74) is 0.138. The van der Waals surface area contributed by atoms with Crippen LogP contribution in [-0.2, 0) is 43.0 Å². The molecule has 238 valence electrons. The largest absolute Gasteiger partial charge is 0.507 e. The summed E-state index contributed by atoms with van der Waals surface area (Å²) in [5, 5.41) is 11.1. The molecule has 1 heterocycles. The first kappa shape index (κ1) is 35.5. The number of rotatable bonds is 10. The fraction of sp³-hybridized carbons (Fsp3) is 0.606. The lowest BCUT2D eigenvalue weighted by atomic mass is 9.78. The van der Waals surface area contributed by atoms with Gasteiger partial charge in [0.2, 0.25) is 12.4 Å². The van der Waals surface area contributed by atoms with Crippen LogP contribution in [0.5, 0.6) is 5.75 Å². The second-order valence-electron chi connectivity index (χ2n) is 14.0. The van der Waals surface area contributed by atoms with E-state index in [4.69, 9.17) is 9.47 Å². The summed E-state index contributed by atoms with van der Waals surface area (Å²) in [6, 6.07) is 3.41. The molecule has 0 spiro atoms. The van der Waals surface area contributed by atoms with Gasteiger partial charge in [0, 0.05) is 35.0 Å². The summed E-state index contributed by atoms with van der Waals surface area (Å²) in [7, 11) is 0. The Bertz CT molecular complexity index is 1370. The number of ether oxygens (including phenoxy) is 2. The zero-order valence-corrected chi connectivity index (χ0v) is 27.7. The molecule has 0 unspecified atom stereocenters. The number of nitrogens with zero attached hydrogens (tertiary/aromatic N) is 3. The van der Waals surface area contributed by atoms with Crippen LogP contribution in [0, 0.1) is 11.3 Å². The number of aromatic hydroxyl groups is 1. The van der Waals surface area contributed by atoms with Crippen molar-refractivity contribution in [3.63, 3.8) is 0 Å². The summed E-state index contributed by atoms with van der Waals surface area (Å²) >= 11 is 0. The van der Waals surface area contributed by atoms with Gasteiger partial charge >= 0.3 is 12.1 Å². The van der Waals surface area contributed by atoms with Crippen molar-refractivity contribution in [3.8, 4) is 5.75 Å². The van der Waals surface area contributed by atoms with Crippen molar-refractivity contribution in [1.29, 1.82) is 0 Å². The number of aromatic nitrogens is 2. The highest BCUT2D eigenvalue weighted by Gasteiger charge is 2.28. The van der Waals surface area contributed by atoms with Crippen molar-refractivity contribution in [2.75, 3.05) is 6.79 Å². The topological polar surface area (TPSA) is 129 Å². The first-order valence-corrected chi connectivity index (χ1v) is 14.8. The number of phenols is 1. The summed E-state index contributed by atoms with van der Waals surface area (Å²) in [6.45, 7) is 19.9. The molecule has 0 saturated heterocycles. The van der Waals surface area contributed by atoms with Gasteiger partial charge in [0.1, 0.15) is 5.75 Å². The molecule has 0 saturated carbocycles. The van der Waals surface area contributed by atoms with E-state index in [1.165, 1.54) is 9.13 Å². The van der Waals surface area contributed by atoms with Crippen LogP contribution in [-0.4, -0.2) is 44.7 Å². The number of imidazole rings is 1.